The summed E-state index contributed by atoms with van der Waals surface area (Å²) in [7, 11) is 0. The zero-order valence-corrected chi connectivity index (χ0v) is 15.5. The summed E-state index contributed by atoms with van der Waals surface area (Å²) < 4.78 is 1.51. The third-order valence-corrected chi connectivity index (χ3v) is 5.37. The Labute approximate surface area is 158 Å². The highest BCUT2D eigenvalue weighted by Gasteiger charge is 2.25. The largest absolute Gasteiger partial charge is 0.350 e. The van der Waals surface area contributed by atoms with E-state index in [2.05, 4.69) is 56.9 Å². The van der Waals surface area contributed by atoms with Gasteiger partial charge in [-0.05, 0) is 60.0 Å². The molecule has 4 rings (SSSR count). The first-order valence-corrected chi connectivity index (χ1v) is 9.46. The molecule has 1 aromatic carbocycles. The van der Waals surface area contributed by atoms with Gasteiger partial charge in [-0.15, -0.1) is 5.10 Å². The molecule has 1 fully saturated rings. The van der Waals surface area contributed by atoms with E-state index in [1.165, 1.54) is 22.9 Å². The highest BCUT2D eigenvalue weighted by Crippen LogP contribution is 2.26. The number of fused-ring (bicyclic) bond motifs is 1. The fourth-order valence-electron chi connectivity index (χ4n) is 3.70. The third-order valence-electron chi connectivity index (χ3n) is 5.37. The van der Waals surface area contributed by atoms with Crippen molar-refractivity contribution >= 4 is 11.6 Å². The molecule has 0 bridgehead atoms. The molecule has 0 aliphatic carbocycles. The van der Waals surface area contributed by atoms with E-state index < -0.39 is 0 Å². The summed E-state index contributed by atoms with van der Waals surface area (Å²) >= 11 is 0. The molecule has 2 aromatic heterocycles. The normalized spacial score (nSPS) is 17.1. The molecular weight excluding hydrogens is 340 g/mol. The molecule has 1 aliphatic heterocycles. The molecule has 27 heavy (non-hydrogen) atoms. The molecule has 140 valence electrons. The van der Waals surface area contributed by atoms with E-state index in [9.17, 15) is 4.79 Å². The third kappa shape index (κ3) is 3.83. The molecule has 0 radical (unpaired) electrons. The number of benzene rings is 1. The number of hydrogen-bond acceptors (Lipinski definition) is 5. The van der Waals surface area contributed by atoms with Gasteiger partial charge in [0, 0.05) is 12.7 Å². The minimum absolute atomic E-state index is 0.151. The van der Waals surface area contributed by atoms with Crippen LogP contribution in [0.1, 0.15) is 41.7 Å². The Balaban J connectivity index is 1.51. The second-order valence-electron chi connectivity index (χ2n) is 7.22. The summed E-state index contributed by atoms with van der Waals surface area (Å²) in [6, 6.07) is 14.1. The van der Waals surface area contributed by atoms with Crippen LogP contribution in [0.5, 0.6) is 0 Å². The van der Waals surface area contributed by atoms with E-state index >= 15 is 0 Å². The summed E-state index contributed by atoms with van der Waals surface area (Å²) in [5.41, 5.74) is 2.19. The van der Waals surface area contributed by atoms with Crippen LogP contribution in [-0.4, -0.2) is 50.5 Å². The highest BCUT2D eigenvalue weighted by atomic mass is 16.1. The first-order valence-electron chi connectivity index (χ1n) is 9.46. The van der Waals surface area contributed by atoms with Gasteiger partial charge in [-0.2, -0.15) is 4.52 Å². The van der Waals surface area contributed by atoms with Crippen molar-refractivity contribution in [2.24, 2.45) is 5.92 Å². The van der Waals surface area contributed by atoms with Crippen LogP contribution in [-0.2, 0) is 0 Å². The number of hydrogen-bond donors (Lipinski definition) is 1. The van der Waals surface area contributed by atoms with Crippen LogP contribution < -0.4 is 5.32 Å². The van der Waals surface area contributed by atoms with Crippen molar-refractivity contribution < 1.29 is 4.79 Å². The number of piperidine rings is 1. The smallest absolute Gasteiger partial charge is 0.255 e. The van der Waals surface area contributed by atoms with Crippen LogP contribution in [0.2, 0.25) is 0 Å². The van der Waals surface area contributed by atoms with Gasteiger partial charge in [0.25, 0.3) is 5.91 Å². The minimum Gasteiger partial charge on any atom is -0.350 e. The average Bonchev–Trinajstić information content (AvgIpc) is 3.19. The van der Waals surface area contributed by atoms with E-state index in [0.717, 1.165) is 19.0 Å². The number of likely N-dealkylation sites (tertiary alicyclic amines) is 1. The molecule has 1 N–H and O–H groups in total. The SMILES string of the molecule is CC1CCN([C@@H](CNC(=O)c2cccn3nnnc23)c2ccccc2)CC1. The Kier molecular flexibility index (Phi) is 5.11. The maximum atomic E-state index is 12.8. The predicted molar refractivity (Wildman–Crippen MR) is 102 cm³/mol. The van der Waals surface area contributed by atoms with Crippen molar-refractivity contribution in [1.82, 2.24) is 30.3 Å². The van der Waals surface area contributed by atoms with Gasteiger partial charge < -0.3 is 5.32 Å². The van der Waals surface area contributed by atoms with Crippen LogP contribution in [0.15, 0.2) is 48.7 Å². The average molecular weight is 364 g/mol. The first kappa shape index (κ1) is 17.6. The molecule has 1 aliphatic rings. The van der Waals surface area contributed by atoms with Crippen LogP contribution in [0.4, 0.5) is 0 Å². The van der Waals surface area contributed by atoms with Crippen LogP contribution in [0, 0.1) is 5.92 Å². The number of nitrogens with one attached hydrogen (secondary N) is 1. The molecule has 1 saturated heterocycles. The molecule has 7 heteroatoms. The summed E-state index contributed by atoms with van der Waals surface area (Å²) in [4.78, 5) is 15.3. The van der Waals surface area contributed by atoms with Crippen molar-refractivity contribution in [3.63, 3.8) is 0 Å². The number of aromatic nitrogens is 4. The number of tetrazole rings is 1. The van der Waals surface area contributed by atoms with Gasteiger partial charge in [-0.25, -0.2) is 0 Å². The molecule has 0 unspecified atom stereocenters. The van der Waals surface area contributed by atoms with Crippen molar-refractivity contribution in [3.05, 3.63) is 59.8 Å². The van der Waals surface area contributed by atoms with Crippen LogP contribution >= 0.6 is 0 Å². The molecule has 1 amide bonds. The Morgan fingerprint density at radius 1 is 1.19 bits per heavy atom. The number of nitrogens with zero attached hydrogens (tertiary/aromatic N) is 5. The van der Waals surface area contributed by atoms with E-state index in [0.29, 0.717) is 17.8 Å². The number of pyridine rings is 1. The Morgan fingerprint density at radius 2 is 1.96 bits per heavy atom. The minimum atomic E-state index is -0.151. The van der Waals surface area contributed by atoms with E-state index in [4.69, 9.17) is 0 Å². The van der Waals surface area contributed by atoms with Gasteiger partial charge in [-0.1, -0.05) is 37.3 Å². The fourth-order valence-corrected chi connectivity index (χ4v) is 3.70. The molecule has 0 spiro atoms. The van der Waals surface area contributed by atoms with Crippen molar-refractivity contribution in [2.75, 3.05) is 19.6 Å². The second-order valence-corrected chi connectivity index (χ2v) is 7.22. The number of amides is 1. The molecule has 1 atom stereocenters. The van der Waals surface area contributed by atoms with Gasteiger partial charge >= 0.3 is 0 Å². The number of carbonyl (C=O) groups excluding carboxylic acids is 1. The van der Waals surface area contributed by atoms with Gasteiger partial charge in [0.15, 0.2) is 5.65 Å². The van der Waals surface area contributed by atoms with E-state index in [1.807, 2.05) is 6.07 Å². The first-order chi connectivity index (χ1) is 13.2. The topological polar surface area (TPSA) is 75.4 Å². The lowest BCUT2D eigenvalue weighted by Gasteiger charge is -2.37. The quantitative estimate of drug-likeness (QED) is 0.752. The fraction of sp³-hybridized carbons (Fsp3) is 0.400. The van der Waals surface area contributed by atoms with Gasteiger partial charge in [0.1, 0.15) is 0 Å². The van der Waals surface area contributed by atoms with Gasteiger partial charge in [0.05, 0.1) is 11.6 Å². The van der Waals surface area contributed by atoms with Crippen LogP contribution in [0.3, 0.4) is 0 Å². The Bertz CT molecular complexity index is 901. The molecule has 0 saturated carbocycles. The number of rotatable bonds is 5. The van der Waals surface area contributed by atoms with E-state index in [1.54, 1.807) is 18.3 Å². The second kappa shape index (κ2) is 7.84. The summed E-state index contributed by atoms with van der Waals surface area (Å²) in [5.74, 6) is 0.618. The maximum Gasteiger partial charge on any atom is 0.255 e. The van der Waals surface area contributed by atoms with Crippen molar-refractivity contribution in [1.29, 1.82) is 0 Å². The van der Waals surface area contributed by atoms with Gasteiger partial charge in [0.2, 0.25) is 0 Å². The molecule has 3 aromatic rings. The molecule has 7 nitrogen and oxygen atoms in total. The molecular formula is C20H24N6O. The lowest BCUT2D eigenvalue weighted by Crippen LogP contribution is -2.42. The summed E-state index contributed by atoms with van der Waals surface area (Å²) in [6.45, 7) is 4.98. The highest BCUT2D eigenvalue weighted by molar-refractivity contribution is 5.99. The summed E-state index contributed by atoms with van der Waals surface area (Å²) in [6.07, 6.45) is 4.12. The van der Waals surface area contributed by atoms with E-state index in [-0.39, 0.29) is 11.9 Å². The zero-order chi connectivity index (χ0) is 18.6. The standard InChI is InChI=1S/C20H24N6O/c1-15-9-12-25(13-10-15)18(16-6-3-2-4-7-16)14-21-20(27)17-8-5-11-26-19(17)22-23-24-26/h2-8,11,15,18H,9-10,12-14H2,1H3,(H,21,27)/t18-/m0/s1. The summed E-state index contributed by atoms with van der Waals surface area (Å²) in [5, 5.41) is 14.5. The molecule has 3 heterocycles. The maximum absolute atomic E-state index is 12.8. The van der Waals surface area contributed by atoms with Gasteiger partial charge in [-0.3, -0.25) is 9.69 Å². The van der Waals surface area contributed by atoms with Crippen molar-refractivity contribution in [3.8, 4) is 0 Å². The zero-order valence-electron chi connectivity index (χ0n) is 15.5. The Hall–Kier alpha value is -2.80. The van der Waals surface area contributed by atoms with Crippen LogP contribution in [0.25, 0.3) is 5.65 Å². The predicted octanol–water partition coefficient (Wildman–Crippen LogP) is 2.33. The number of carbonyl (C=O) groups is 1. The lowest BCUT2D eigenvalue weighted by atomic mass is 9.95. The van der Waals surface area contributed by atoms with Crippen molar-refractivity contribution in [2.45, 2.75) is 25.8 Å². The lowest BCUT2D eigenvalue weighted by molar-refractivity contribution is 0.0914. The monoisotopic (exact) mass is 364 g/mol. The Morgan fingerprint density at radius 3 is 2.74 bits per heavy atom.